The van der Waals surface area contributed by atoms with Gasteiger partial charge in [-0.25, -0.2) is 0 Å². The molecule has 2 N–H and O–H groups in total. The van der Waals surface area contributed by atoms with Crippen molar-refractivity contribution in [3.63, 3.8) is 0 Å². The van der Waals surface area contributed by atoms with Crippen LogP contribution in [0.3, 0.4) is 0 Å². The summed E-state index contributed by atoms with van der Waals surface area (Å²) in [5.74, 6) is 4.04. The van der Waals surface area contributed by atoms with E-state index in [2.05, 4.69) is 24.3 Å². The van der Waals surface area contributed by atoms with E-state index in [1.807, 2.05) is 17.0 Å². The number of carbonyl (C=O) groups excluding carboxylic acids is 1. The number of hydrogen-bond acceptors (Lipinski definition) is 6. The van der Waals surface area contributed by atoms with Gasteiger partial charge in [0.15, 0.2) is 0 Å². The number of carbonyl (C=O) groups is 1. The van der Waals surface area contributed by atoms with Gasteiger partial charge >= 0.3 is 0 Å². The maximum absolute atomic E-state index is 13.8. The van der Waals surface area contributed by atoms with Crippen molar-refractivity contribution in [2.24, 2.45) is 29.4 Å². The van der Waals surface area contributed by atoms with Crippen LogP contribution in [0.4, 0.5) is 0 Å². The summed E-state index contributed by atoms with van der Waals surface area (Å²) >= 11 is 9.13. The molecule has 37 heavy (non-hydrogen) atoms. The van der Waals surface area contributed by atoms with Crippen molar-refractivity contribution >= 4 is 51.6 Å². The van der Waals surface area contributed by atoms with Crippen LogP contribution in [0.1, 0.15) is 61.8 Å². The first kappa shape index (κ1) is 25.6. The van der Waals surface area contributed by atoms with E-state index in [9.17, 15) is 4.79 Å². The molecule has 2 heterocycles. The lowest BCUT2D eigenvalue weighted by Crippen LogP contribution is -2.57. The molecule has 5 aliphatic rings. The Morgan fingerprint density at radius 3 is 2.54 bits per heavy atom. The van der Waals surface area contributed by atoms with E-state index < -0.39 is 0 Å². The number of thioether (sulfide) groups is 1. The van der Waals surface area contributed by atoms with Crippen LogP contribution in [0, 0.1) is 23.7 Å². The second kappa shape index (κ2) is 10.8. The molecule has 0 radical (unpaired) electrons. The lowest BCUT2D eigenvalue weighted by Gasteiger charge is -2.56. The molecule has 7 rings (SSSR count). The molecule has 4 saturated carbocycles. The summed E-state index contributed by atoms with van der Waals surface area (Å²) in [5.41, 5.74) is 8.18. The number of nitrogens with two attached hydrogens (primary N) is 1. The van der Waals surface area contributed by atoms with Crippen molar-refractivity contribution in [2.75, 3.05) is 13.7 Å². The van der Waals surface area contributed by atoms with Crippen molar-refractivity contribution in [2.45, 2.75) is 63.8 Å². The van der Waals surface area contributed by atoms with Crippen molar-refractivity contribution in [3.05, 3.63) is 45.7 Å². The minimum absolute atomic E-state index is 0.137. The number of ether oxygens (including phenoxy) is 1. The quantitative estimate of drug-likeness (QED) is 0.204. The maximum atomic E-state index is 13.8. The molecule has 1 saturated heterocycles. The fourth-order valence-electron chi connectivity index (χ4n) is 7.49. The molecule has 1 aromatic heterocycles. The van der Waals surface area contributed by atoms with Gasteiger partial charge in [-0.2, -0.15) is 0 Å². The summed E-state index contributed by atoms with van der Waals surface area (Å²) in [6.07, 6.45) is 12.9. The number of amides is 1. The minimum atomic E-state index is 0.137. The Balaban J connectivity index is 1.28. The van der Waals surface area contributed by atoms with Gasteiger partial charge in [-0.15, -0.1) is 11.3 Å². The molecule has 0 unspecified atom stereocenters. The Bertz CT molecular complexity index is 1190. The molecule has 1 aliphatic heterocycles. The molecular weight excluding hydrogens is 517 g/mol. The van der Waals surface area contributed by atoms with E-state index in [1.54, 1.807) is 18.4 Å². The average molecular weight is 553 g/mol. The number of benzene rings is 1. The van der Waals surface area contributed by atoms with Crippen LogP contribution in [0.5, 0.6) is 5.75 Å². The standard InChI is InChI=1S/C30H36N2O2S3/c1-34-24-8-5-7-20(15-24)25-16-21(6-3-2-4-9-31)26(36-25)17-27-29(33)32(30(35)37-27)28-22-11-18-10-19(13-22)14-23(28)12-18/h5,7-8,15-19,22-23,28H,2-4,6,9-14,31H2,1H3/b27-17-. The van der Waals surface area contributed by atoms with Gasteiger partial charge in [-0.05, 0) is 117 Å². The van der Waals surface area contributed by atoms with Crippen molar-refractivity contribution < 1.29 is 9.53 Å². The van der Waals surface area contributed by atoms with E-state index in [0.29, 0.717) is 17.9 Å². The minimum Gasteiger partial charge on any atom is -0.497 e. The Morgan fingerprint density at radius 1 is 1.08 bits per heavy atom. The third kappa shape index (κ3) is 5.05. The largest absolute Gasteiger partial charge is 0.497 e. The summed E-state index contributed by atoms with van der Waals surface area (Å²) in [4.78, 5) is 19.0. The van der Waals surface area contributed by atoms with Crippen LogP contribution in [0.2, 0.25) is 0 Å². The molecule has 0 atom stereocenters. The van der Waals surface area contributed by atoms with E-state index in [4.69, 9.17) is 22.7 Å². The van der Waals surface area contributed by atoms with Gasteiger partial charge in [-0.1, -0.05) is 42.5 Å². The van der Waals surface area contributed by atoms with Gasteiger partial charge in [0.1, 0.15) is 10.1 Å². The van der Waals surface area contributed by atoms with Crippen LogP contribution in [0.25, 0.3) is 16.5 Å². The molecule has 4 bridgehead atoms. The van der Waals surface area contributed by atoms with Gasteiger partial charge in [0.25, 0.3) is 5.91 Å². The van der Waals surface area contributed by atoms with Gasteiger partial charge in [0.2, 0.25) is 0 Å². The molecule has 7 heteroatoms. The number of thiocarbonyl (C=S) groups is 1. The van der Waals surface area contributed by atoms with E-state index in [1.165, 1.54) is 59.2 Å². The molecule has 1 amide bonds. The van der Waals surface area contributed by atoms with E-state index in [-0.39, 0.29) is 5.91 Å². The number of aryl methyl sites for hydroxylation is 1. The first-order chi connectivity index (χ1) is 18.0. The van der Waals surface area contributed by atoms with Gasteiger partial charge in [0, 0.05) is 15.8 Å². The topological polar surface area (TPSA) is 55.6 Å². The normalized spacial score (nSPS) is 29.6. The molecule has 4 aliphatic carbocycles. The highest BCUT2D eigenvalue weighted by atomic mass is 32.2. The Morgan fingerprint density at radius 2 is 1.84 bits per heavy atom. The lowest BCUT2D eigenvalue weighted by atomic mass is 9.54. The monoisotopic (exact) mass is 552 g/mol. The number of hydrogen-bond donors (Lipinski definition) is 1. The Labute approximate surface area is 234 Å². The molecule has 0 spiro atoms. The van der Waals surface area contributed by atoms with Crippen molar-refractivity contribution in [1.82, 2.24) is 4.90 Å². The number of thiophene rings is 1. The fraction of sp³-hybridized carbons (Fsp3) is 0.533. The Hall–Kier alpha value is -1.67. The predicted molar refractivity (Wildman–Crippen MR) is 159 cm³/mol. The highest BCUT2D eigenvalue weighted by Gasteiger charge is 2.53. The highest BCUT2D eigenvalue weighted by Crippen LogP contribution is 2.56. The first-order valence-electron chi connectivity index (χ1n) is 13.8. The average Bonchev–Trinajstić information content (AvgIpc) is 3.42. The maximum Gasteiger partial charge on any atom is 0.266 e. The van der Waals surface area contributed by atoms with Crippen molar-refractivity contribution in [1.29, 1.82) is 0 Å². The number of nitrogens with zero attached hydrogens (tertiary/aromatic N) is 1. The summed E-state index contributed by atoms with van der Waals surface area (Å²) in [6.45, 7) is 0.735. The third-order valence-electron chi connectivity index (χ3n) is 8.91. The third-order valence-corrected chi connectivity index (χ3v) is 11.4. The van der Waals surface area contributed by atoms with Gasteiger partial charge in [0.05, 0.1) is 12.0 Å². The molecule has 196 valence electrons. The van der Waals surface area contributed by atoms with Crippen LogP contribution >= 0.6 is 35.3 Å². The number of rotatable bonds is 9. The van der Waals surface area contributed by atoms with Crippen LogP contribution < -0.4 is 10.5 Å². The SMILES string of the molecule is COc1cccc(-c2cc(CCCCCN)c(/C=C3\SC(=S)N(C4C5CC6CC(C5)CC4C6)C3=O)s2)c1. The zero-order valence-electron chi connectivity index (χ0n) is 21.5. The molecule has 5 fully saturated rings. The van der Waals surface area contributed by atoms with E-state index >= 15 is 0 Å². The van der Waals surface area contributed by atoms with Crippen LogP contribution in [0.15, 0.2) is 35.2 Å². The van der Waals surface area contributed by atoms with Crippen LogP contribution in [-0.2, 0) is 11.2 Å². The fourth-order valence-corrected chi connectivity index (χ4v) is 10.0. The molecule has 2 aromatic rings. The molecule has 1 aromatic carbocycles. The highest BCUT2D eigenvalue weighted by molar-refractivity contribution is 8.26. The Kier molecular flexibility index (Phi) is 7.50. The van der Waals surface area contributed by atoms with Crippen molar-refractivity contribution in [3.8, 4) is 16.2 Å². The molecule has 4 nitrogen and oxygen atoms in total. The summed E-state index contributed by atoms with van der Waals surface area (Å²) < 4.78 is 6.23. The second-order valence-corrected chi connectivity index (χ2v) is 14.1. The van der Waals surface area contributed by atoms with Gasteiger partial charge < -0.3 is 10.5 Å². The number of methoxy groups -OCH3 is 1. The van der Waals surface area contributed by atoms with E-state index in [0.717, 1.165) is 64.6 Å². The predicted octanol–water partition coefficient (Wildman–Crippen LogP) is 7.12. The lowest BCUT2D eigenvalue weighted by molar-refractivity contribution is -0.130. The molecular formula is C30H36N2O2S3. The van der Waals surface area contributed by atoms with Crippen LogP contribution in [-0.4, -0.2) is 34.8 Å². The first-order valence-corrected chi connectivity index (χ1v) is 15.8. The summed E-state index contributed by atoms with van der Waals surface area (Å²) in [6, 6.07) is 10.8. The zero-order chi connectivity index (χ0) is 25.5. The smallest absolute Gasteiger partial charge is 0.266 e. The number of unbranched alkanes of at least 4 members (excludes halogenated alkanes) is 2. The van der Waals surface area contributed by atoms with Gasteiger partial charge in [-0.3, -0.25) is 9.69 Å². The summed E-state index contributed by atoms with van der Waals surface area (Å²) in [7, 11) is 1.70. The second-order valence-electron chi connectivity index (χ2n) is 11.3. The zero-order valence-corrected chi connectivity index (χ0v) is 23.9. The summed E-state index contributed by atoms with van der Waals surface area (Å²) in [5, 5.41) is 0.